The molecule has 1 unspecified atom stereocenters. The van der Waals surface area contributed by atoms with Gasteiger partial charge < -0.3 is 4.90 Å². The molecule has 12 aromatic rings. The third kappa shape index (κ3) is 6.18. The van der Waals surface area contributed by atoms with Crippen LogP contribution in [0.2, 0.25) is 0 Å². The van der Waals surface area contributed by atoms with Crippen molar-refractivity contribution >= 4 is 48.6 Å². The Bertz CT molecular complexity index is 3960. The van der Waals surface area contributed by atoms with Gasteiger partial charge in [0.1, 0.15) is 0 Å². The lowest BCUT2D eigenvalue weighted by Crippen LogP contribution is -2.28. The summed E-state index contributed by atoms with van der Waals surface area (Å²) in [5, 5.41) is 2.56. The Morgan fingerprint density at radius 1 is 0.324 bits per heavy atom. The summed E-state index contributed by atoms with van der Waals surface area (Å²) in [7, 11) is 0. The fourth-order valence-corrected chi connectivity index (χ4v) is 13.6. The molecular formula is C69H47NS. The van der Waals surface area contributed by atoms with E-state index in [-0.39, 0.29) is 5.41 Å². The molecule has 14 rings (SSSR count). The van der Waals surface area contributed by atoms with Crippen LogP contribution in [0.3, 0.4) is 0 Å². The highest BCUT2D eigenvalue weighted by molar-refractivity contribution is 7.26. The lowest BCUT2D eigenvalue weighted by Gasteiger charge is -2.34. The van der Waals surface area contributed by atoms with Crippen molar-refractivity contribution in [2.45, 2.75) is 17.8 Å². The van der Waals surface area contributed by atoms with Gasteiger partial charge >= 0.3 is 0 Å². The molecule has 1 nitrogen and oxygen atoms in total. The summed E-state index contributed by atoms with van der Waals surface area (Å²) in [4.78, 5) is 2.50. The van der Waals surface area contributed by atoms with Crippen molar-refractivity contribution in [1.29, 1.82) is 0 Å². The van der Waals surface area contributed by atoms with Crippen LogP contribution in [0.15, 0.2) is 267 Å². The summed E-state index contributed by atoms with van der Waals surface area (Å²) in [5.74, 6) is 0. The van der Waals surface area contributed by atoms with Crippen molar-refractivity contribution in [3.63, 3.8) is 0 Å². The molecule has 2 heteroatoms. The van der Waals surface area contributed by atoms with E-state index in [1.165, 1.54) is 104 Å². The third-order valence-corrected chi connectivity index (χ3v) is 16.9. The van der Waals surface area contributed by atoms with Crippen LogP contribution in [0.5, 0.6) is 0 Å². The largest absolute Gasteiger partial charge is 0.308 e. The molecule has 2 aliphatic rings. The highest BCUT2D eigenvalue weighted by Crippen LogP contribution is 2.58. The van der Waals surface area contributed by atoms with Crippen molar-refractivity contribution in [2.24, 2.45) is 0 Å². The summed E-state index contributed by atoms with van der Waals surface area (Å²) in [5.41, 5.74) is 21.7. The van der Waals surface area contributed by atoms with Crippen LogP contribution in [-0.4, -0.2) is 0 Å². The topological polar surface area (TPSA) is 3.24 Å². The number of fused-ring (bicyclic) bond motifs is 9. The molecule has 2 aliphatic carbocycles. The maximum Gasteiger partial charge on any atom is 0.0713 e. The number of anilines is 3. The zero-order chi connectivity index (χ0) is 47.1. The Hall–Kier alpha value is -8.56. The molecule has 0 fully saturated rings. The maximum absolute atomic E-state index is 2.50. The fourth-order valence-electron chi connectivity index (χ4n) is 12.4. The van der Waals surface area contributed by atoms with Gasteiger partial charge in [0.25, 0.3) is 0 Å². The molecule has 1 aromatic heterocycles. The second kappa shape index (κ2) is 16.3. The molecule has 71 heavy (non-hydrogen) atoms. The summed E-state index contributed by atoms with van der Waals surface area (Å²) in [6.07, 6.45) is 0. The van der Waals surface area contributed by atoms with Gasteiger partial charge in [-0.1, -0.05) is 224 Å². The van der Waals surface area contributed by atoms with Crippen molar-refractivity contribution in [3.05, 3.63) is 306 Å². The van der Waals surface area contributed by atoms with Crippen molar-refractivity contribution < 1.29 is 0 Å². The number of nitrogens with zero attached hydrogens (tertiary/aromatic N) is 1. The SMILES string of the molecule is CC1(c2ccccc2)c2ccccc2-c2ccc(-c3ccccc3N(c3ccc(-c4ccc5c(c4)C(c4ccccc4)(c4ccccc4)c4ccccc4-5)cc3)c3cccc4c3sc3ccccc34)cc21. The Balaban J connectivity index is 0.938. The Morgan fingerprint density at radius 2 is 0.817 bits per heavy atom. The zero-order valence-corrected chi connectivity index (χ0v) is 40.1. The Morgan fingerprint density at radius 3 is 1.54 bits per heavy atom. The second-order valence-corrected chi connectivity index (χ2v) is 20.3. The first-order valence-corrected chi connectivity index (χ1v) is 25.5. The first kappa shape index (κ1) is 41.4. The van der Waals surface area contributed by atoms with Crippen LogP contribution >= 0.6 is 11.3 Å². The van der Waals surface area contributed by atoms with Gasteiger partial charge in [0.15, 0.2) is 0 Å². The average molecular weight is 922 g/mol. The van der Waals surface area contributed by atoms with Crippen LogP contribution in [0.1, 0.15) is 45.9 Å². The molecule has 0 aliphatic heterocycles. The third-order valence-electron chi connectivity index (χ3n) is 15.7. The van der Waals surface area contributed by atoms with E-state index in [1.54, 1.807) is 0 Å². The Kier molecular flexibility index (Phi) is 9.49. The molecule has 334 valence electrons. The molecule has 1 atom stereocenters. The lowest BCUT2D eigenvalue weighted by atomic mass is 9.67. The Labute approximate surface area is 419 Å². The second-order valence-electron chi connectivity index (χ2n) is 19.2. The number of para-hydroxylation sites is 1. The van der Waals surface area contributed by atoms with Gasteiger partial charge in [0.05, 0.1) is 21.5 Å². The van der Waals surface area contributed by atoms with E-state index in [4.69, 9.17) is 0 Å². The minimum atomic E-state index is -0.466. The number of rotatable bonds is 8. The summed E-state index contributed by atoms with van der Waals surface area (Å²) < 4.78 is 2.56. The van der Waals surface area contributed by atoms with Gasteiger partial charge in [-0.3, -0.25) is 0 Å². The van der Waals surface area contributed by atoms with Gasteiger partial charge in [0, 0.05) is 32.1 Å². The van der Waals surface area contributed by atoms with E-state index >= 15 is 0 Å². The highest BCUT2D eigenvalue weighted by atomic mass is 32.1. The van der Waals surface area contributed by atoms with Gasteiger partial charge in [0.2, 0.25) is 0 Å². The quantitative estimate of drug-likeness (QED) is 0.147. The monoisotopic (exact) mass is 921 g/mol. The molecule has 0 bridgehead atoms. The van der Waals surface area contributed by atoms with Crippen molar-refractivity contribution in [1.82, 2.24) is 0 Å². The smallest absolute Gasteiger partial charge is 0.0713 e. The first-order chi connectivity index (χ1) is 35.1. The molecule has 0 amide bonds. The predicted molar refractivity (Wildman–Crippen MR) is 300 cm³/mol. The van der Waals surface area contributed by atoms with E-state index in [9.17, 15) is 0 Å². The van der Waals surface area contributed by atoms with E-state index in [2.05, 4.69) is 279 Å². The molecule has 0 radical (unpaired) electrons. The van der Waals surface area contributed by atoms with Gasteiger partial charge in [-0.15, -0.1) is 11.3 Å². The fraction of sp³-hybridized carbons (Fsp3) is 0.0435. The number of benzene rings is 11. The minimum Gasteiger partial charge on any atom is -0.308 e. The first-order valence-electron chi connectivity index (χ1n) is 24.7. The van der Waals surface area contributed by atoms with Crippen LogP contribution in [-0.2, 0) is 10.8 Å². The van der Waals surface area contributed by atoms with Crippen LogP contribution in [0.4, 0.5) is 17.1 Å². The zero-order valence-electron chi connectivity index (χ0n) is 39.3. The van der Waals surface area contributed by atoms with E-state index < -0.39 is 5.41 Å². The van der Waals surface area contributed by atoms with Gasteiger partial charge in [-0.25, -0.2) is 0 Å². The number of thiophene rings is 1. The van der Waals surface area contributed by atoms with Crippen LogP contribution < -0.4 is 4.90 Å². The maximum atomic E-state index is 2.50. The molecule has 0 N–H and O–H groups in total. The standard InChI is InChI=1S/C69H47NS/c1-68(49-20-5-2-6-21-49)60-31-15-11-27-54(60)56-43-39-48(45-62(56)68)53-26-13-17-33-64(53)70(65-34-19-30-59-58-29-14-18-35-66(58)71-67(59)65)52-40-36-46(37-41-52)47-38-42-57-55-28-12-16-32-61(55)69(63(57)44-47,50-22-7-3-8-23-50)51-24-9-4-10-25-51/h2-45H,1H3. The van der Waals surface area contributed by atoms with Crippen LogP contribution in [0, 0.1) is 0 Å². The average Bonchev–Trinajstić information content (AvgIpc) is 4.07. The van der Waals surface area contributed by atoms with Gasteiger partial charge in [-0.2, -0.15) is 0 Å². The molecule has 11 aromatic carbocycles. The highest BCUT2D eigenvalue weighted by Gasteiger charge is 2.46. The number of hydrogen-bond acceptors (Lipinski definition) is 2. The summed E-state index contributed by atoms with van der Waals surface area (Å²) >= 11 is 1.87. The molecular weight excluding hydrogens is 875 g/mol. The molecule has 0 spiro atoms. The molecule has 0 saturated carbocycles. The summed E-state index contributed by atoms with van der Waals surface area (Å²) in [6, 6.07) is 99.4. The van der Waals surface area contributed by atoms with E-state index in [0.717, 1.165) is 17.1 Å². The lowest BCUT2D eigenvalue weighted by molar-refractivity contribution is 0.714. The molecule has 0 saturated heterocycles. The minimum absolute atomic E-state index is 0.307. The normalized spacial score (nSPS) is 15.0. The predicted octanol–water partition coefficient (Wildman–Crippen LogP) is 18.6. The van der Waals surface area contributed by atoms with E-state index in [0.29, 0.717) is 0 Å². The summed E-state index contributed by atoms with van der Waals surface area (Å²) in [6.45, 7) is 2.40. The van der Waals surface area contributed by atoms with E-state index in [1.807, 2.05) is 11.3 Å². The number of hydrogen-bond donors (Lipinski definition) is 0. The molecule has 1 heterocycles. The van der Waals surface area contributed by atoms with Gasteiger partial charge in [-0.05, 0) is 127 Å². The van der Waals surface area contributed by atoms with Crippen molar-refractivity contribution in [3.8, 4) is 44.5 Å². The van der Waals surface area contributed by atoms with Crippen LogP contribution in [0.25, 0.3) is 64.7 Å². The van der Waals surface area contributed by atoms with Crippen molar-refractivity contribution in [2.75, 3.05) is 4.90 Å².